The van der Waals surface area contributed by atoms with E-state index in [0.29, 0.717) is 6.04 Å². The van der Waals surface area contributed by atoms with Gasteiger partial charge in [-0.3, -0.25) is 10.1 Å². The summed E-state index contributed by atoms with van der Waals surface area (Å²) in [5.74, 6) is 1.51. The average molecular weight is 290 g/mol. The number of nitro groups is 1. The highest BCUT2D eigenvalue weighted by molar-refractivity contribution is 5.43. The Balaban J connectivity index is 2.08. The Labute approximate surface area is 127 Å². The fourth-order valence-corrected chi connectivity index (χ4v) is 3.63. The third-order valence-electron chi connectivity index (χ3n) is 4.59. The van der Waals surface area contributed by atoms with Gasteiger partial charge in [-0.2, -0.15) is 0 Å². The Morgan fingerprint density at radius 2 is 1.86 bits per heavy atom. The van der Waals surface area contributed by atoms with Gasteiger partial charge >= 0.3 is 0 Å². The molecule has 1 aliphatic rings. The van der Waals surface area contributed by atoms with Gasteiger partial charge in [0, 0.05) is 23.7 Å². The molecule has 2 rings (SSSR count). The molecule has 1 N–H and O–H groups in total. The molecule has 4 nitrogen and oxygen atoms in total. The predicted molar refractivity (Wildman–Crippen MR) is 85.4 cm³/mol. The van der Waals surface area contributed by atoms with E-state index >= 15 is 0 Å². The molecule has 0 aliphatic heterocycles. The number of nitro benzene ring substituents is 1. The topological polar surface area (TPSA) is 55.2 Å². The van der Waals surface area contributed by atoms with Crippen molar-refractivity contribution in [1.29, 1.82) is 0 Å². The number of hydrogen-bond donors (Lipinski definition) is 1. The van der Waals surface area contributed by atoms with Gasteiger partial charge in [-0.1, -0.05) is 26.0 Å². The molecule has 1 saturated carbocycles. The first-order valence-corrected chi connectivity index (χ1v) is 7.87. The van der Waals surface area contributed by atoms with Crippen LogP contribution in [0.2, 0.25) is 0 Å². The summed E-state index contributed by atoms with van der Waals surface area (Å²) in [6, 6.07) is 6.21. The first-order chi connectivity index (χ1) is 9.86. The minimum atomic E-state index is -0.295. The zero-order valence-corrected chi connectivity index (χ0v) is 13.4. The maximum absolute atomic E-state index is 11.1. The lowest BCUT2D eigenvalue weighted by atomic mass is 9.80. The highest BCUT2D eigenvalue weighted by Crippen LogP contribution is 2.30. The third kappa shape index (κ3) is 4.03. The molecule has 0 spiro atoms. The molecule has 0 heterocycles. The quantitative estimate of drug-likeness (QED) is 0.661. The van der Waals surface area contributed by atoms with E-state index in [2.05, 4.69) is 26.1 Å². The van der Waals surface area contributed by atoms with Crippen molar-refractivity contribution in [3.63, 3.8) is 0 Å². The minimum absolute atomic E-state index is 0.145. The smallest absolute Gasteiger partial charge is 0.272 e. The summed E-state index contributed by atoms with van der Waals surface area (Å²) in [4.78, 5) is 10.8. The summed E-state index contributed by atoms with van der Waals surface area (Å²) >= 11 is 0. The molecule has 1 aromatic rings. The Hall–Kier alpha value is -1.42. The van der Waals surface area contributed by atoms with Gasteiger partial charge in [-0.05, 0) is 50.5 Å². The van der Waals surface area contributed by atoms with Crippen molar-refractivity contribution in [2.24, 2.45) is 11.8 Å². The molecular weight excluding hydrogens is 264 g/mol. The zero-order chi connectivity index (χ0) is 15.6. The van der Waals surface area contributed by atoms with Gasteiger partial charge in [0.1, 0.15) is 0 Å². The molecule has 4 heteroatoms. The van der Waals surface area contributed by atoms with Crippen LogP contribution < -0.4 is 5.32 Å². The van der Waals surface area contributed by atoms with Gasteiger partial charge < -0.3 is 5.32 Å². The largest absolute Gasteiger partial charge is 0.307 e. The van der Waals surface area contributed by atoms with Crippen LogP contribution in [0.3, 0.4) is 0 Å². The van der Waals surface area contributed by atoms with Crippen molar-refractivity contribution >= 4 is 5.69 Å². The first-order valence-electron chi connectivity index (χ1n) is 7.87. The summed E-state index contributed by atoms with van der Waals surface area (Å²) in [5.41, 5.74) is 1.93. The average Bonchev–Trinajstić information content (AvgIpc) is 2.37. The Kier molecular flexibility index (Phi) is 4.99. The van der Waals surface area contributed by atoms with Crippen LogP contribution >= 0.6 is 0 Å². The Bertz CT molecular complexity index is 506. The standard InChI is InChI=1S/C17H26N2O2/c1-11-7-12(2)9-16(8-11)18-14(4)15-6-5-13(3)17(10-15)19(20)21/h5-6,10-12,14,16,18H,7-9H2,1-4H3. The van der Waals surface area contributed by atoms with Crippen LogP contribution in [-0.2, 0) is 0 Å². The van der Waals surface area contributed by atoms with Crippen LogP contribution in [0.25, 0.3) is 0 Å². The molecule has 0 radical (unpaired) electrons. The van der Waals surface area contributed by atoms with E-state index in [1.54, 1.807) is 13.0 Å². The second kappa shape index (κ2) is 6.56. The summed E-state index contributed by atoms with van der Waals surface area (Å²) in [6.45, 7) is 8.50. The molecule has 0 amide bonds. The number of nitrogens with zero attached hydrogens (tertiary/aromatic N) is 1. The van der Waals surface area contributed by atoms with Crippen molar-refractivity contribution in [1.82, 2.24) is 5.32 Å². The summed E-state index contributed by atoms with van der Waals surface area (Å²) in [5, 5.41) is 14.7. The lowest BCUT2D eigenvalue weighted by molar-refractivity contribution is -0.385. The maximum atomic E-state index is 11.1. The van der Waals surface area contributed by atoms with Crippen LogP contribution in [0.1, 0.15) is 57.2 Å². The van der Waals surface area contributed by atoms with Crippen molar-refractivity contribution in [3.05, 3.63) is 39.4 Å². The molecule has 21 heavy (non-hydrogen) atoms. The summed E-state index contributed by atoms with van der Waals surface area (Å²) < 4.78 is 0. The molecule has 3 unspecified atom stereocenters. The van der Waals surface area contributed by atoms with E-state index < -0.39 is 0 Å². The first kappa shape index (κ1) is 16.0. The lowest BCUT2D eigenvalue weighted by Gasteiger charge is -2.34. The molecule has 0 aromatic heterocycles. The van der Waals surface area contributed by atoms with Gasteiger partial charge in [-0.15, -0.1) is 0 Å². The van der Waals surface area contributed by atoms with Gasteiger partial charge in [0.15, 0.2) is 0 Å². The third-order valence-corrected chi connectivity index (χ3v) is 4.59. The van der Waals surface area contributed by atoms with Crippen molar-refractivity contribution in [2.75, 3.05) is 0 Å². The molecule has 116 valence electrons. The fraction of sp³-hybridized carbons (Fsp3) is 0.647. The SMILES string of the molecule is Cc1ccc(C(C)NC2CC(C)CC(C)C2)cc1[N+](=O)[O-]. The van der Waals surface area contributed by atoms with Gasteiger partial charge in [-0.25, -0.2) is 0 Å². The number of hydrogen-bond acceptors (Lipinski definition) is 3. The molecular formula is C17H26N2O2. The van der Waals surface area contributed by atoms with Crippen LogP contribution in [0.4, 0.5) is 5.69 Å². The number of nitrogens with one attached hydrogen (secondary N) is 1. The van der Waals surface area contributed by atoms with E-state index in [4.69, 9.17) is 0 Å². The van der Waals surface area contributed by atoms with E-state index in [1.165, 1.54) is 19.3 Å². The van der Waals surface area contributed by atoms with Crippen molar-refractivity contribution in [2.45, 2.75) is 59.0 Å². The molecule has 0 bridgehead atoms. The molecule has 1 aromatic carbocycles. The molecule has 3 atom stereocenters. The number of rotatable bonds is 4. The molecule has 1 fully saturated rings. The van der Waals surface area contributed by atoms with Crippen molar-refractivity contribution < 1.29 is 4.92 Å². The lowest BCUT2D eigenvalue weighted by Crippen LogP contribution is -2.37. The fourth-order valence-electron chi connectivity index (χ4n) is 3.63. The molecule has 1 aliphatic carbocycles. The number of benzene rings is 1. The van der Waals surface area contributed by atoms with E-state index in [1.807, 2.05) is 12.1 Å². The predicted octanol–water partition coefficient (Wildman–Crippen LogP) is 4.38. The van der Waals surface area contributed by atoms with E-state index in [-0.39, 0.29) is 16.7 Å². The highest BCUT2D eigenvalue weighted by atomic mass is 16.6. The van der Waals surface area contributed by atoms with Gasteiger partial charge in [0.05, 0.1) is 4.92 Å². The van der Waals surface area contributed by atoms with Gasteiger partial charge in [0.25, 0.3) is 5.69 Å². The summed E-state index contributed by atoms with van der Waals surface area (Å²) in [6.07, 6.45) is 3.70. The summed E-state index contributed by atoms with van der Waals surface area (Å²) in [7, 11) is 0. The van der Waals surface area contributed by atoms with Gasteiger partial charge in [0.2, 0.25) is 0 Å². The Morgan fingerprint density at radius 3 is 2.43 bits per heavy atom. The number of aryl methyl sites for hydroxylation is 1. The zero-order valence-electron chi connectivity index (χ0n) is 13.4. The van der Waals surface area contributed by atoms with Crippen LogP contribution in [-0.4, -0.2) is 11.0 Å². The second-order valence-electron chi connectivity index (χ2n) is 6.81. The van der Waals surface area contributed by atoms with E-state index in [9.17, 15) is 10.1 Å². The minimum Gasteiger partial charge on any atom is -0.307 e. The Morgan fingerprint density at radius 1 is 1.24 bits per heavy atom. The monoisotopic (exact) mass is 290 g/mol. The molecule has 0 saturated heterocycles. The van der Waals surface area contributed by atoms with Crippen LogP contribution in [0.5, 0.6) is 0 Å². The van der Waals surface area contributed by atoms with Crippen molar-refractivity contribution in [3.8, 4) is 0 Å². The van der Waals surface area contributed by atoms with Crippen LogP contribution in [0, 0.1) is 28.9 Å². The maximum Gasteiger partial charge on any atom is 0.272 e. The second-order valence-corrected chi connectivity index (χ2v) is 6.81. The highest BCUT2D eigenvalue weighted by Gasteiger charge is 2.25. The van der Waals surface area contributed by atoms with Crippen LogP contribution in [0.15, 0.2) is 18.2 Å². The van der Waals surface area contributed by atoms with E-state index in [0.717, 1.165) is 23.0 Å². The normalized spacial score (nSPS) is 27.3.